The number of carbonyl (C=O) groups is 1. The Balaban J connectivity index is 1.67. The maximum Gasteiger partial charge on any atom is 0.233 e. The molecule has 0 saturated heterocycles. The first-order valence-corrected chi connectivity index (χ1v) is 9.74. The number of amides is 1. The van der Waals surface area contributed by atoms with Gasteiger partial charge in [0, 0.05) is 24.9 Å². The van der Waals surface area contributed by atoms with E-state index in [0.29, 0.717) is 12.5 Å². The molecule has 1 aliphatic rings. The average Bonchev–Trinajstić information content (AvgIpc) is 2.60. The minimum Gasteiger partial charge on any atom is -0.356 e. The van der Waals surface area contributed by atoms with E-state index in [9.17, 15) is 13.2 Å². The van der Waals surface area contributed by atoms with Crippen molar-refractivity contribution in [2.45, 2.75) is 25.7 Å². The second-order valence-electron chi connectivity index (χ2n) is 5.86. The molecule has 1 amide bonds. The van der Waals surface area contributed by atoms with Crippen molar-refractivity contribution in [3.05, 3.63) is 53.5 Å². The van der Waals surface area contributed by atoms with Crippen molar-refractivity contribution in [1.29, 1.82) is 0 Å². The Morgan fingerprint density at radius 3 is 2.71 bits per heavy atom. The lowest BCUT2D eigenvalue weighted by Gasteiger charge is -2.18. The van der Waals surface area contributed by atoms with E-state index >= 15 is 0 Å². The molecule has 5 nitrogen and oxygen atoms in total. The molecule has 1 atom stereocenters. The Labute approximate surface area is 143 Å². The average molecular weight is 348 g/mol. The van der Waals surface area contributed by atoms with E-state index in [-0.39, 0.29) is 18.9 Å². The number of carbonyl (C=O) groups excluding carboxylic acids is 1. The Bertz CT molecular complexity index is 681. The molecule has 0 saturated carbocycles. The third-order valence-electron chi connectivity index (χ3n) is 3.86. The minimum atomic E-state index is -3.53. The summed E-state index contributed by atoms with van der Waals surface area (Å²) < 4.78 is 26.1. The topological polar surface area (TPSA) is 75.3 Å². The quantitative estimate of drug-likeness (QED) is 0.709. The molecule has 1 unspecified atom stereocenters. The van der Waals surface area contributed by atoms with Crippen molar-refractivity contribution in [3.8, 4) is 0 Å². The molecule has 0 heterocycles. The third-order valence-corrected chi connectivity index (χ3v) is 4.96. The molecular formula is C18H24N2O3S. The lowest BCUT2D eigenvalue weighted by molar-refractivity contribution is -0.121. The van der Waals surface area contributed by atoms with Gasteiger partial charge in [0.15, 0.2) is 0 Å². The van der Waals surface area contributed by atoms with E-state index < -0.39 is 10.0 Å². The SMILES string of the molecule is O=C(CCNS(=O)(=O)/C=C/c1ccccc1)NCC1CC=CCC1. The van der Waals surface area contributed by atoms with Gasteiger partial charge in [-0.2, -0.15) is 0 Å². The van der Waals surface area contributed by atoms with Gasteiger partial charge in [-0.15, -0.1) is 0 Å². The van der Waals surface area contributed by atoms with Gasteiger partial charge < -0.3 is 5.32 Å². The number of rotatable bonds is 8. The van der Waals surface area contributed by atoms with E-state index in [1.54, 1.807) is 0 Å². The first kappa shape index (κ1) is 18.4. The van der Waals surface area contributed by atoms with Crippen molar-refractivity contribution in [2.75, 3.05) is 13.1 Å². The smallest absolute Gasteiger partial charge is 0.233 e. The van der Waals surface area contributed by atoms with Crippen LogP contribution in [-0.2, 0) is 14.8 Å². The van der Waals surface area contributed by atoms with Gasteiger partial charge in [-0.25, -0.2) is 13.1 Å². The number of allylic oxidation sites excluding steroid dienone is 2. The number of hydrogen-bond donors (Lipinski definition) is 2. The summed E-state index contributed by atoms with van der Waals surface area (Å²) >= 11 is 0. The molecule has 0 aromatic heterocycles. The predicted octanol–water partition coefficient (Wildman–Crippen LogP) is 2.44. The van der Waals surface area contributed by atoms with Gasteiger partial charge in [-0.05, 0) is 36.8 Å². The molecule has 24 heavy (non-hydrogen) atoms. The van der Waals surface area contributed by atoms with Crippen molar-refractivity contribution in [2.24, 2.45) is 5.92 Å². The van der Waals surface area contributed by atoms with Crippen molar-refractivity contribution < 1.29 is 13.2 Å². The highest BCUT2D eigenvalue weighted by Gasteiger charge is 2.12. The number of nitrogens with one attached hydrogen (secondary N) is 2. The highest BCUT2D eigenvalue weighted by Crippen LogP contribution is 2.16. The van der Waals surface area contributed by atoms with Gasteiger partial charge in [0.1, 0.15) is 0 Å². The van der Waals surface area contributed by atoms with Crippen LogP contribution in [0.25, 0.3) is 6.08 Å². The second-order valence-corrected chi connectivity index (χ2v) is 7.51. The Hall–Kier alpha value is -1.92. The highest BCUT2D eigenvalue weighted by atomic mass is 32.2. The van der Waals surface area contributed by atoms with E-state index in [2.05, 4.69) is 22.2 Å². The standard InChI is InChI=1S/C18H24N2O3S/c21-18(19-15-17-9-5-2-6-10-17)11-13-20-24(22,23)14-12-16-7-3-1-4-8-16/h1-5,7-8,12,14,17,20H,6,9-11,13,15H2,(H,19,21)/b14-12+. The summed E-state index contributed by atoms with van der Waals surface area (Å²) in [6, 6.07) is 9.18. The summed E-state index contributed by atoms with van der Waals surface area (Å²) in [7, 11) is -3.53. The lowest BCUT2D eigenvalue weighted by atomic mass is 9.94. The predicted molar refractivity (Wildman–Crippen MR) is 96.5 cm³/mol. The normalized spacial score (nSPS) is 17.9. The lowest BCUT2D eigenvalue weighted by Crippen LogP contribution is -2.33. The first-order chi connectivity index (χ1) is 11.6. The fraction of sp³-hybridized carbons (Fsp3) is 0.389. The van der Waals surface area contributed by atoms with Crippen molar-refractivity contribution in [3.63, 3.8) is 0 Å². The van der Waals surface area contributed by atoms with Gasteiger partial charge >= 0.3 is 0 Å². The molecule has 2 rings (SSSR count). The van der Waals surface area contributed by atoms with E-state index in [4.69, 9.17) is 0 Å². The van der Waals surface area contributed by atoms with Gasteiger partial charge in [0.05, 0.1) is 0 Å². The second kappa shape index (κ2) is 9.39. The minimum absolute atomic E-state index is 0.0951. The van der Waals surface area contributed by atoms with Crippen molar-refractivity contribution >= 4 is 22.0 Å². The molecule has 0 aliphatic heterocycles. The first-order valence-electron chi connectivity index (χ1n) is 8.20. The molecule has 1 aliphatic carbocycles. The van der Waals surface area contributed by atoms with Crippen LogP contribution in [0.2, 0.25) is 0 Å². The highest BCUT2D eigenvalue weighted by molar-refractivity contribution is 7.92. The Kier molecular flexibility index (Phi) is 7.21. The molecule has 6 heteroatoms. The van der Waals surface area contributed by atoms with E-state index in [0.717, 1.165) is 30.2 Å². The molecule has 0 fully saturated rings. The van der Waals surface area contributed by atoms with Crippen LogP contribution in [0.3, 0.4) is 0 Å². The van der Waals surface area contributed by atoms with Crippen LogP contribution >= 0.6 is 0 Å². The monoisotopic (exact) mass is 348 g/mol. The summed E-state index contributed by atoms with van der Waals surface area (Å²) in [6.07, 6.45) is 9.13. The van der Waals surface area contributed by atoms with Crippen LogP contribution < -0.4 is 10.0 Å². The fourth-order valence-electron chi connectivity index (χ4n) is 2.48. The number of hydrogen-bond acceptors (Lipinski definition) is 3. The van der Waals surface area contributed by atoms with Crippen LogP contribution in [-0.4, -0.2) is 27.4 Å². The van der Waals surface area contributed by atoms with Gasteiger partial charge in [-0.3, -0.25) is 4.79 Å². The largest absolute Gasteiger partial charge is 0.356 e. The number of sulfonamides is 1. The van der Waals surface area contributed by atoms with Crippen LogP contribution in [0.4, 0.5) is 0 Å². The summed E-state index contributed by atoms with van der Waals surface area (Å²) in [5.41, 5.74) is 0.808. The van der Waals surface area contributed by atoms with Crippen LogP contribution in [0.15, 0.2) is 47.9 Å². The zero-order valence-electron chi connectivity index (χ0n) is 13.6. The summed E-state index contributed by atoms with van der Waals surface area (Å²) in [4.78, 5) is 11.8. The van der Waals surface area contributed by atoms with Gasteiger partial charge in [-0.1, -0.05) is 42.5 Å². The molecule has 1 aromatic carbocycles. The van der Waals surface area contributed by atoms with E-state index in [1.165, 1.54) is 6.08 Å². The van der Waals surface area contributed by atoms with Crippen LogP contribution in [0, 0.1) is 5.92 Å². The summed E-state index contributed by atoms with van der Waals surface area (Å²) in [5, 5.41) is 3.99. The van der Waals surface area contributed by atoms with E-state index in [1.807, 2.05) is 30.3 Å². The molecular weight excluding hydrogens is 324 g/mol. The Morgan fingerprint density at radius 2 is 2.00 bits per heavy atom. The molecule has 0 spiro atoms. The zero-order valence-corrected chi connectivity index (χ0v) is 14.5. The summed E-state index contributed by atoms with van der Waals surface area (Å²) in [5.74, 6) is 0.365. The van der Waals surface area contributed by atoms with Gasteiger partial charge in [0.25, 0.3) is 0 Å². The maximum atomic E-state index is 11.9. The van der Waals surface area contributed by atoms with Crippen molar-refractivity contribution in [1.82, 2.24) is 10.0 Å². The van der Waals surface area contributed by atoms with Crippen LogP contribution in [0.1, 0.15) is 31.2 Å². The fourth-order valence-corrected chi connectivity index (χ4v) is 3.29. The molecule has 0 radical (unpaired) electrons. The third kappa shape index (κ3) is 7.10. The molecule has 2 N–H and O–H groups in total. The molecule has 130 valence electrons. The zero-order chi connectivity index (χ0) is 17.3. The number of benzene rings is 1. The molecule has 0 bridgehead atoms. The maximum absolute atomic E-state index is 11.9. The van der Waals surface area contributed by atoms with Gasteiger partial charge in [0.2, 0.25) is 15.9 Å². The molecule has 1 aromatic rings. The summed E-state index contributed by atoms with van der Waals surface area (Å²) in [6.45, 7) is 0.752. The Morgan fingerprint density at radius 1 is 1.21 bits per heavy atom. The van der Waals surface area contributed by atoms with Crippen LogP contribution in [0.5, 0.6) is 0 Å².